The monoisotopic (exact) mass is 304 g/mol. The van der Waals surface area contributed by atoms with Crippen molar-refractivity contribution in [3.8, 4) is 0 Å². The Kier molecular flexibility index (Phi) is 5.41. The van der Waals surface area contributed by atoms with Crippen molar-refractivity contribution in [1.29, 1.82) is 0 Å². The molecule has 0 heterocycles. The average molecular weight is 304 g/mol. The molecule has 1 aliphatic rings. The lowest BCUT2D eigenvalue weighted by molar-refractivity contribution is -0.125. The van der Waals surface area contributed by atoms with Gasteiger partial charge in [0.05, 0.1) is 5.56 Å². The van der Waals surface area contributed by atoms with E-state index in [0.717, 1.165) is 37.2 Å². The van der Waals surface area contributed by atoms with Gasteiger partial charge < -0.3 is 15.8 Å². The topological polar surface area (TPSA) is 81.4 Å². The molecule has 1 aromatic carbocycles. The number of ether oxygens (including phenoxy) is 1. The smallest absolute Gasteiger partial charge is 0.340 e. The fraction of sp³-hybridized carbons (Fsp3) is 0.529. The van der Waals surface area contributed by atoms with Crippen molar-refractivity contribution in [3.63, 3.8) is 0 Å². The van der Waals surface area contributed by atoms with Crippen LogP contribution in [0, 0.1) is 12.8 Å². The fourth-order valence-electron chi connectivity index (χ4n) is 2.74. The van der Waals surface area contributed by atoms with Crippen molar-refractivity contribution in [1.82, 2.24) is 5.32 Å². The van der Waals surface area contributed by atoms with E-state index < -0.39 is 5.97 Å². The molecule has 1 aromatic rings. The van der Waals surface area contributed by atoms with E-state index in [2.05, 4.69) is 12.2 Å². The van der Waals surface area contributed by atoms with Gasteiger partial charge in [-0.1, -0.05) is 19.1 Å². The maximum absolute atomic E-state index is 12.0. The number of benzene rings is 1. The Labute approximate surface area is 131 Å². The molecule has 0 bridgehead atoms. The summed E-state index contributed by atoms with van der Waals surface area (Å²) in [7, 11) is 0. The number of esters is 1. The van der Waals surface area contributed by atoms with Gasteiger partial charge in [-0.25, -0.2) is 4.79 Å². The number of para-hydroxylation sites is 1. The first-order chi connectivity index (χ1) is 10.5. The van der Waals surface area contributed by atoms with Crippen LogP contribution >= 0.6 is 0 Å². The predicted molar refractivity (Wildman–Crippen MR) is 85.4 cm³/mol. The molecule has 0 spiro atoms. The summed E-state index contributed by atoms with van der Waals surface area (Å²) in [6.45, 7) is 3.78. The number of aryl methyl sites for hydroxylation is 1. The van der Waals surface area contributed by atoms with E-state index >= 15 is 0 Å². The zero-order valence-corrected chi connectivity index (χ0v) is 13.2. The van der Waals surface area contributed by atoms with Crippen LogP contribution in [-0.4, -0.2) is 24.5 Å². The molecule has 0 aromatic heterocycles. The van der Waals surface area contributed by atoms with Crippen molar-refractivity contribution >= 4 is 17.6 Å². The van der Waals surface area contributed by atoms with Crippen LogP contribution in [0.2, 0.25) is 0 Å². The van der Waals surface area contributed by atoms with Gasteiger partial charge in [-0.3, -0.25) is 4.79 Å². The van der Waals surface area contributed by atoms with Gasteiger partial charge in [-0.05, 0) is 50.2 Å². The van der Waals surface area contributed by atoms with Gasteiger partial charge in [0.25, 0.3) is 5.91 Å². The molecular formula is C17H24N2O3. The SMILES string of the molecule is Cc1cccc(C(=O)OCC(=O)NC2CCC(C)CC2)c1N. The van der Waals surface area contributed by atoms with Crippen molar-refractivity contribution in [2.24, 2.45) is 5.92 Å². The standard InChI is InChI=1S/C17H24N2O3/c1-11-6-8-13(9-7-11)19-15(20)10-22-17(21)14-5-3-4-12(2)16(14)18/h3-5,11,13H,6-10,18H2,1-2H3,(H,19,20). The van der Waals surface area contributed by atoms with Gasteiger partial charge in [0.15, 0.2) is 6.61 Å². The molecule has 2 rings (SSSR count). The first-order valence-electron chi connectivity index (χ1n) is 7.79. The summed E-state index contributed by atoms with van der Waals surface area (Å²) in [6, 6.07) is 5.37. The van der Waals surface area contributed by atoms with Crippen LogP contribution in [0.5, 0.6) is 0 Å². The molecule has 3 N–H and O–H groups in total. The molecule has 1 saturated carbocycles. The van der Waals surface area contributed by atoms with Gasteiger partial charge in [0.2, 0.25) is 0 Å². The number of amides is 1. The number of hydrogen-bond donors (Lipinski definition) is 2. The number of hydrogen-bond acceptors (Lipinski definition) is 4. The van der Waals surface area contributed by atoms with E-state index in [1.807, 2.05) is 13.0 Å². The highest BCUT2D eigenvalue weighted by atomic mass is 16.5. The average Bonchev–Trinajstić information content (AvgIpc) is 2.50. The number of nitrogen functional groups attached to an aromatic ring is 1. The number of nitrogens with one attached hydrogen (secondary N) is 1. The second-order valence-electron chi connectivity index (χ2n) is 6.14. The van der Waals surface area contributed by atoms with Crippen LogP contribution in [0.15, 0.2) is 18.2 Å². The molecule has 1 amide bonds. The highest BCUT2D eigenvalue weighted by Gasteiger charge is 2.20. The van der Waals surface area contributed by atoms with Crippen LogP contribution in [0.3, 0.4) is 0 Å². The Morgan fingerprint density at radius 2 is 1.95 bits per heavy atom. The van der Waals surface area contributed by atoms with E-state index in [-0.39, 0.29) is 18.6 Å². The van der Waals surface area contributed by atoms with Gasteiger partial charge in [-0.2, -0.15) is 0 Å². The number of carbonyl (C=O) groups is 2. The maximum atomic E-state index is 12.0. The Bertz CT molecular complexity index is 549. The minimum atomic E-state index is -0.561. The number of rotatable bonds is 4. The second kappa shape index (κ2) is 7.29. The molecular weight excluding hydrogens is 280 g/mol. The summed E-state index contributed by atoms with van der Waals surface area (Å²) in [5.74, 6) is -0.0805. The zero-order chi connectivity index (χ0) is 16.1. The number of anilines is 1. The summed E-state index contributed by atoms with van der Waals surface area (Å²) in [6.07, 6.45) is 4.24. The van der Waals surface area contributed by atoms with Gasteiger partial charge >= 0.3 is 5.97 Å². The van der Waals surface area contributed by atoms with Crippen LogP contribution < -0.4 is 11.1 Å². The van der Waals surface area contributed by atoms with Crippen LogP contribution in [0.4, 0.5) is 5.69 Å². The van der Waals surface area contributed by atoms with Gasteiger partial charge in [0, 0.05) is 11.7 Å². The quantitative estimate of drug-likeness (QED) is 0.661. The highest BCUT2D eigenvalue weighted by Crippen LogP contribution is 2.23. The third-order valence-corrected chi connectivity index (χ3v) is 4.26. The van der Waals surface area contributed by atoms with Crippen molar-refractivity contribution in [2.75, 3.05) is 12.3 Å². The summed E-state index contributed by atoms with van der Waals surface area (Å²) in [5, 5.41) is 2.92. The molecule has 5 heteroatoms. The normalized spacial score (nSPS) is 21.2. The second-order valence-corrected chi connectivity index (χ2v) is 6.14. The van der Waals surface area contributed by atoms with Crippen LogP contribution in [-0.2, 0) is 9.53 Å². The maximum Gasteiger partial charge on any atom is 0.340 e. The third-order valence-electron chi connectivity index (χ3n) is 4.26. The van der Waals surface area contributed by atoms with Crippen molar-refractivity contribution in [3.05, 3.63) is 29.3 Å². The molecule has 0 radical (unpaired) electrons. The minimum absolute atomic E-state index is 0.200. The van der Waals surface area contributed by atoms with E-state index in [0.29, 0.717) is 11.3 Å². The summed E-state index contributed by atoms with van der Waals surface area (Å²) in [5.41, 5.74) is 7.37. The van der Waals surface area contributed by atoms with Crippen LogP contribution in [0.25, 0.3) is 0 Å². The lowest BCUT2D eigenvalue weighted by atomic mass is 9.87. The molecule has 5 nitrogen and oxygen atoms in total. The number of nitrogens with two attached hydrogens (primary N) is 1. The van der Waals surface area contributed by atoms with Crippen molar-refractivity contribution in [2.45, 2.75) is 45.6 Å². The molecule has 0 aliphatic heterocycles. The summed E-state index contributed by atoms with van der Waals surface area (Å²) < 4.78 is 5.06. The summed E-state index contributed by atoms with van der Waals surface area (Å²) >= 11 is 0. The molecule has 1 aliphatic carbocycles. The van der Waals surface area contributed by atoms with E-state index in [1.165, 1.54) is 0 Å². The van der Waals surface area contributed by atoms with Gasteiger partial charge in [-0.15, -0.1) is 0 Å². The minimum Gasteiger partial charge on any atom is -0.452 e. The Morgan fingerprint density at radius 1 is 1.27 bits per heavy atom. The molecule has 120 valence electrons. The zero-order valence-electron chi connectivity index (χ0n) is 13.2. The van der Waals surface area contributed by atoms with Gasteiger partial charge in [0.1, 0.15) is 0 Å². The Hall–Kier alpha value is -2.04. The Balaban J connectivity index is 1.81. The predicted octanol–water partition coefficient (Wildman–Crippen LogP) is 2.43. The highest BCUT2D eigenvalue weighted by molar-refractivity contribution is 5.96. The molecule has 1 fully saturated rings. The summed E-state index contributed by atoms with van der Waals surface area (Å²) in [4.78, 5) is 23.8. The molecule has 0 unspecified atom stereocenters. The molecule has 0 saturated heterocycles. The fourth-order valence-corrected chi connectivity index (χ4v) is 2.74. The molecule has 22 heavy (non-hydrogen) atoms. The van der Waals surface area contributed by atoms with E-state index in [4.69, 9.17) is 10.5 Å². The lowest BCUT2D eigenvalue weighted by Crippen LogP contribution is -2.39. The Morgan fingerprint density at radius 3 is 2.64 bits per heavy atom. The van der Waals surface area contributed by atoms with Crippen molar-refractivity contribution < 1.29 is 14.3 Å². The largest absolute Gasteiger partial charge is 0.452 e. The first-order valence-corrected chi connectivity index (χ1v) is 7.79. The third kappa shape index (κ3) is 4.23. The number of carbonyl (C=O) groups excluding carboxylic acids is 2. The lowest BCUT2D eigenvalue weighted by Gasteiger charge is -2.26. The first kappa shape index (κ1) is 16.3. The van der Waals surface area contributed by atoms with Crippen LogP contribution in [0.1, 0.15) is 48.5 Å². The van der Waals surface area contributed by atoms with E-state index in [9.17, 15) is 9.59 Å². The van der Waals surface area contributed by atoms with E-state index in [1.54, 1.807) is 12.1 Å². The molecule has 0 atom stereocenters.